The second-order valence-corrected chi connectivity index (χ2v) is 4.09. The van der Waals surface area contributed by atoms with Gasteiger partial charge in [-0.2, -0.15) is 10.2 Å². The van der Waals surface area contributed by atoms with Gasteiger partial charge in [-0.25, -0.2) is 4.68 Å². The van der Waals surface area contributed by atoms with Crippen LogP contribution in [0.3, 0.4) is 0 Å². The van der Waals surface area contributed by atoms with Gasteiger partial charge in [-0.1, -0.05) is 24.3 Å². The van der Waals surface area contributed by atoms with Crippen LogP contribution in [0.5, 0.6) is 0 Å². The monoisotopic (exact) mass is 224 g/mol. The number of fused-ring (bicyclic) bond motifs is 1. The lowest BCUT2D eigenvalue weighted by molar-refractivity contribution is 0.791. The Labute approximate surface area is 98.9 Å². The van der Waals surface area contributed by atoms with E-state index in [1.165, 1.54) is 0 Å². The van der Waals surface area contributed by atoms with Crippen molar-refractivity contribution in [3.63, 3.8) is 0 Å². The van der Waals surface area contributed by atoms with E-state index < -0.39 is 0 Å². The van der Waals surface area contributed by atoms with Crippen molar-refractivity contribution in [1.82, 2.24) is 20.0 Å². The first-order chi connectivity index (χ1) is 8.25. The molecule has 0 fully saturated rings. The Bertz CT molecular complexity index is 679. The lowest BCUT2D eigenvalue weighted by atomic mass is 10.2. The fraction of sp³-hybridized carbons (Fsp3) is 0.154. The normalized spacial score (nSPS) is 10.9. The molecule has 0 aliphatic rings. The van der Waals surface area contributed by atoms with Gasteiger partial charge < -0.3 is 0 Å². The summed E-state index contributed by atoms with van der Waals surface area (Å²) in [6, 6.07) is 10.1. The topological polar surface area (TPSA) is 43.6 Å². The van der Waals surface area contributed by atoms with E-state index in [2.05, 4.69) is 15.3 Å². The Balaban J connectivity index is 2.34. The first-order valence-corrected chi connectivity index (χ1v) is 5.50. The van der Waals surface area contributed by atoms with E-state index in [1.54, 1.807) is 6.20 Å². The molecule has 0 unspecified atom stereocenters. The van der Waals surface area contributed by atoms with E-state index in [0.29, 0.717) is 0 Å². The van der Waals surface area contributed by atoms with Crippen LogP contribution in [0.15, 0.2) is 36.5 Å². The van der Waals surface area contributed by atoms with E-state index in [-0.39, 0.29) is 0 Å². The minimum Gasteiger partial charge on any atom is -0.217 e. The fourth-order valence-electron chi connectivity index (χ4n) is 2.01. The molecule has 2 aromatic heterocycles. The summed E-state index contributed by atoms with van der Waals surface area (Å²) in [5.41, 5.74) is 2.05. The Morgan fingerprint density at radius 3 is 2.71 bits per heavy atom. The molecule has 0 aliphatic heterocycles. The summed E-state index contributed by atoms with van der Waals surface area (Å²) in [7, 11) is 0. The van der Waals surface area contributed by atoms with E-state index >= 15 is 0 Å². The van der Waals surface area contributed by atoms with Crippen molar-refractivity contribution in [1.29, 1.82) is 0 Å². The highest BCUT2D eigenvalue weighted by molar-refractivity contribution is 5.87. The van der Waals surface area contributed by atoms with Crippen LogP contribution in [0.25, 0.3) is 16.6 Å². The zero-order chi connectivity index (χ0) is 11.8. The third-order valence-electron chi connectivity index (χ3n) is 2.76. The molecule has 4 heteroatoms. The van der Waals surface area contributed by atoms with Gasteiger partial charge in [-0.05, 0) is 19.9 Å². The molecule has 0 radical (unpaired) electrons. The molecular formula is C13H12N4. The van der Waals surface area contributed by atoms with Crippen LogP contribution in [0.4, 0.5) is 0 Å². The Morgan fingerprint density at radius 1 is 1.12 bits per heavy atom. The second kappa shape index (κ2) is 3.66. The minimum atomic E-state index is 0.786. The van der Waals surface area contributed by atoms with Gasteiger partial charge in [-0.3, -0.25) is 0 Å². The molecule has 0 spiro atoms. The van der Waals surface area contributed by atoms with Gasteiger partial charge in [0.2, 0.25) is 0 Å². The molecule has 1 aromatic carbocycles. The number of aromatic nitrogens is 4. The lowest BCUT2D eigenvalue weighted by Crippen LogP contribution is -2.04. The first-order valence-electron chi connectivity index (χ1n) is 5.50. The Morgan fingerprint density at radius 2 is 1.94 bits per heavy atom. The average Bonchev–Trinajstić information content (AvgIpc) is 2.68. The molecule has 0 amide bonds. The highest BCUT2D eigenvalue weighted by atomic mass is 15.3. The third-order valence-corrected chi connectivity index (χ3v) is 2.76. The van der Waals surface area contributed by atoms with Crippen LogP contribution in [-0.2, 0) is 0 Å². The molecule has 2 heterocycles. The molecule has 0 saturated carbocycles. The SMILES string of the molecule is Cc1cc(C)n(-c2nncc3ccccc23)n1. The second-order valence-electron chi connectivity index (χ2n) is 4.09. The average molecular weight is 224 g/mol. The van der Waals surface area contributed by atoms with Crippen LogP contribution in [0.1, 0.15) is 11.4 Å². The summed E-state index contributed by atoms with van der Waals surface area (Å²) < 4.78 is 1.84. The van der Waals surface area contributed by atoms with Gasteiger partial charge in [0.25, 0.3) is 0 Å². The number of rotatable bonds is 1. The fourth-order valence-corrected chi connectivity index (χ4v) is 2.01. The lowest BCUT2D eigenvalue weighted by Gasteiger charge is -2.05. The maximum atomic E-state index is 4.44. The van der Waals surface area contributed by atoms with Crippen molar-refractivity contribution in [3.8, 4) is 5.82 Å². The molecule has 3 rings (SSSR count). The molecule has 0 bridgehead atoms. The molecular weight excluding hydrogens is 212 g/mol. The molecule has 3 aromatic rings. The van der Waals surface area contributed by atoms with Crippen molar-refractivity contribution in [3.05, 3.63) is 47.9 Å². The largest absolute Gasteiger partial charge is 0.217 e. The summed E-state index contributed by atoms with van der Waals surface area (Å²) in [5, 5.41) is 14.8. The predicted molar refractivity (Wildman–Crippen MR) is 66.1 cm³/mol. The van der Waals surface area contributed by atoms with Gasteiger partial charge >= 0.3 is 0 Å². The number of aryl methyl sites for hydroxylation is 2. The van der Waals surface area contributed by atoms with Gasteiger partial charge in [0.1, 0.15) is 0 Å². The van der Waals surface area contributed by atoms with Crippen LogP contribution >= 0.6 is 0 Å². The zero-order valence-corrected chi connectivity index (χ0v) is 9.75. The Hall–Kier alpha value is -2.23. The number of nitrogens with zero attached hydrogens (tertiary/aromatic N) is 4. The summed E-state index contributed by atoms with van der Waals surface area (Å²) in [6.45, 7) is 3.99. The molecule has 0 aliphatic carbocycles. The van der Waals surface area contributed by atoms with E-state index in [1.807, 2.05) is 48.9 Å². The van der Waals surface area contributed by atoms with Gasteiger partial charge in [0.05, 0.1) is 11.9 Å². The summed E-state index contributed by atoms with van der Waals surface area (Å²) in [6.07, 6.45) is 1.77. The predicted octanol–water partition coefficient (Wildman–Crippen LogP) is 2.43. The zero-order valence-electron chi connectivity index (χ0n) is 9.75. The standard InChI is InChI=1S/C13H12N4/c1-9-7-10(2)17(16-9)13-12-6-4-3-5-11(12)8-14-15-13/h3-8H,1-2H3. The van der Waals surface area contributed by atoms with E-state index in [0.717, 1.165) is 28.0 Å². The van der Waals surface area contributed by atoms with Crippen LogP contribution in [0.2, 0.25) is 0 Å². The first kappa shape index (κ1) is 9.96. The third kappa shape index (κ3) is 1.58. The van der Waals surface area contributed by atoms with Crippen LogP contribution in [-0.4, -0.2) is 20.0 Å². The summed E-state index contributed by atoms with van der Waals surface area (Å²) >= 11 is 0. The van der Waals surface area contributed by atoms with Crippen LogP contribution < -0.4 is 0 Å². The summed E-state index contributed by atoms with van der Waals surface area (Å²) in [4.78, 5) is 0. The van der Waals surface area contributed by atoms with Gasteiger partial charge in [0, 0.05) is 16.5 Å². The molecule has 17 heavy (non-hydrogen) atoms. The maximum absolute atomic E-state index is 4.44. The van der Waals surface area contributed by atoms with E-state index in [9.17, 15) is 0 Å². The van der Waals surface area contributed by atoms with Crippen molar-refractivity contribution in [2.24, 2.45) is 0 Å². The molecule has 4 nitrogen and oxygen atoms in total. The smallest absolute Gasteiger partial charge is 0.183 e. The minimum absolute atomic E-state index is 0.786. The maximum Gasteiger partial charge on any atom is 0.183 e. The van der Waals surface area contributed by atoms with Gasteiger partial charge in [0.15, 0.2) is 5.82 Å². The van der Waals surface area contributed by atoms with Crippen molar-refractivity contribution in [2.45, 2.75) is 13.8 Å². The number of hydrogen-bond acceptors (Lipinski definition) is 3. The highest BCUT2D eigenvalue weighted by Gasteiger charge is 2.09. The van der Waals surface area contributed by atoms with Crippen molar-refractivity contribution < 1.29 is 0 Å². The molecule has 0 saturated heterocycles. The van der Waals surface area contributed by atoms with Crippen molar-refractivity contribution in [2.75, 3.05) is 0 Å². The highest BCUT2D eigenvalue weighted by Crippen LogP contribution is 2.19. The summed E-state index contributed by atoms with van der Waals surface area (Å²) in [5.74, 6) is 0.786. The van der Waals surface area contributed by atoms with Gasteiger partial charge in [-0.15, -0.1) is 5.10 Å². The number of hydrogen-bond donors (Lipinski definition) is 0. The molecule has 0 atom stereocenters. The molecule has 84 valence electrons. The van der Waals surface area contributed by atoms with Crippen molar-refractivity contribution >= 4 is 10.8 Å². The van der Waals surface area contributed by atoms with E-state index in [4.69, 9.17) is 0 Å². The van der Waals surface area contributed by atoms with Crippen LogP contribution in [0, 0.1) is 13.8 Å². The Kier molecular flexibility index (Phi) is 2.14. The molecule has 0 N–H and O–H groups in total. The number of benzene rings is 1. The quantitative estimate of drug-likeness (QED) is 0.637.